The molecule has 0 aliphatic carbocycles. The summed E-state index contributed by atoms with van der Waals surface area (Å²) in [4.78, 5) is 2.53. The van der Waals surface area contributed by atoms with Crippen LogP contribution in [0.5, 0.6) is 0 Å². The minimum Gasteiger partial charge on any atom is -0.396 e. The van der Waals surface area contributed by atoms with Gasteiger partial charge < -0.3 is 14.7 Å². The van der Waals surface area contributed by atoms with Gasteiger partial charge in [-0.3, -0.25) is 0 Å². The molecule has 1 fully saturated rings. The van der Waals surface area contributed by atoms with Gasteiger partial charge >= 0.3 is 0 Å². The standard InChI is InChI=1S/C17H26ClNO2/c18-16-6-4-15(5-7-16)3-1-10-19-11-8-17(9-12-19)21-14-2-13-20/h4-7,17,20H,1-3,8-14H2. The van der Waals surface area contributed by atoms with Crippen molar-refractivity contribution in [3.63, 3.8) is 0 Å². The number of aryl methyl sites for hydroxylation is 1. The highest BCUT2D eigenvalue weighted by molar-refractivity contribution is 6.30. The molecule has 1 saturated heterocycles. The fourth-order valence-electron chi connectivity index (χ4n) is 2.77. The summed E-state index contributed by atoms with van der Waals surface area (Å²) in [7, 11) is 0. The summed E-state index contributed by atoms with van der Waals surface area (Å²) in [6, 6.07) is 8.16. The number of halogens is 1. The largest absolute Gasteiger partial charge is 0.396 e. The van der Waals surface area contributed by atoms with E-state index >= 15 is 0 Å². The first kappa shape index (κ1) is 16.8. The number of aliphatic hydroxyl groups is 1. The predicted molar refractivity (Wildman–Crippen MR) is 86.9 cm³/mol. The summed E-state index contributed by atoms with van der Waals surface area (Å²) in [6.07, 6.45) is 5.69. The second kappa shape index (κ2) is 9.42. The van der Waals surface area contributed by atoms with Gasteiger partial charge in [-0.1, -0.05) is 23.7 Å². The van der Waals surface area contributed by atoms with Crippen molar-refractivity contribution >= 4 is 11.6 Å². The van der Waals surface area contributed by atoms with Crippen molar-refractivity contribution in [1.29, 1.82) is 0 Å². The van der Waals surface area contributed by atoms with E-state index in [0.717, 1.165) is 50.3 Å². The van der Waals surface area contributed by atoms with Crippen LogP contribution >= 0.6 is 11.6 Å². The molecule has 4 heteroatoms. The average molecular weight is 312 g/mol. The van der Waals surface area contributed by atoms with Gasteiger partial charge in [0.05, 0.1) is 6.10 Å². The highest BCUT2D eigenvalue weighted by Gasteiger charge is 2.18. The van der Waals surface area contributed by atoms with Crippen LogP contribution in [-0.2, 0) is 11.2 Å². The molecular weight excluding hydrogens is 286 g/mol. The van der Waals surface area contributed by atoms with Crippen molar-refractivity contribution in [2.75, 3.05) is 32.8 Å². The molecule has 1 aliphatic rings. The van der Waals surface area contributed by atoms with E-state index in [4.69, 9.17) is 21.4 Å². The van der Waals surface area contributed by atoms with Crippen molar-refractivity contribution in [2.45, 2.75) is 38.2 Å². The summed E-state index contributed by atoms with van der Waals surface area (Å²) in [5.74, 6) is 0. The fourth-order valence-corrected chi connectivity index (χ4v) is 2.90. The predicted octanol–water partition coefficient (Wildman–Crippen LogP) is 3.14. The van der Waals surface area contributed by atoms with Crippen LogP contribution in [0.2, 0.25) is 5.02 Å². The van der Waals surface area contributed by atoms with Crippen LogP contribution in [-0.4, -0.2) is 49.0 Å². The van der Waals surface area contributed by atoms with E-state index in [9.17, 15) is 0 Å². The maximum atomic E-state index is 8.75. The molecule has 0 atom stereocenters. The number of hydrogen-bond acceptors (Lipinski definition) is 3. The first-order valence-electron chi connectivity index (χ1n) is 7.97. The summed E-state index contributed by atoms with van der Waals surface area (Å²) >= 11 is 5.89. The number of rotatable bonds is 8. The minimum absolute atomic E-state index is 0.226. The van der Waals surface area contributed by atoms with Crippen molar-refractivity contribution < 1.29 is 9.84 Å². The Balaban J connectivity index is 1.57. The third-order valence-electron chi connectivity index (χ3n) is 4.04. The second-order valence-electron chi connectivity index (χ2n) is 5.72. The lowest BCUT2D eigenvalue weighted by atomic mass is 10.1. The number of hydrogen-bond donors (Lipinski definition) is 1. The molecule has 0 aromatic heterocycles. The van der Waals surface area contributed by atoms with Crippen LogP contribution < -0.4 is 0 Å². The SMILES string of the molecule is OCCCOC1CCN(CCCc2ccc(Cl)cc2)CC1. The van der Waals surface area contributed by atoms with Gasteiger partial charge in [0.25, 0.3) is 0 Å². The van der Waals surface area contributed by atoms with Gasteiger partial charge in [-0.05, 0) is 56.3 Å². The molecule has 1 aromatic carbocycles. The van der Waals surface area contributed by atoms with Crippen LogP contribution in [0.4, 0.5) is 0 Å². The van der Waals surface area contributed by atoms with E-state index in [-0.39, 0.29) is 6.61 Å². The number of benzene rings is 1. The molecule has 0 saturated carbocycles. The number of nitrogens with zero attached hydrogens (tertiary/aromatic N) is 1. The molecule has 0 unspecified atom stereocenters. The smallest absolute Gasteiger partial charge is 0.0599 e. The summed E-state index contributed by atoms with van der Waals surface area (Å²) in [6.45, 7) is 4.34. The molecule has 0 amide bonds. The number of ether oxygens (including phenoxy) is 1. The van der Waals surface area contributed by atoms with Gasteiger partial charge in [-0.25, -0.2) is 0 Å². The van der Waals surface area contributed by atoms with E-state index in [1.807, 2.05) is 12.1 Å². The van der Waals surface area contributed by atoms with Crippen LogP contribution in [0.15, 0.2) is 24.3 Å². The molecule has 1 aliphatic heterocycles. The Morgan fingerprint density at radius 3 is 2.52 bits per heavy atom. The molecule has 0 spiro atoms. The molecule has 2 rings (SSSR count). The zero-order valence-electron chi connectivity index (χ0n) is 12.6. The second-order valence-corrected chi connectivity index (χ2v) is 6.16. The van der Waals surface area contributed by atoms with Gasteiger partial charge in [0, 0.05) is 31.3 Å². The first-order valence-corrected chi connectivity index (χ1v) is 8.35. The normalized spacial score (nSPS) is 17.2. The summed E-state index contributed by atoms with van der Waals surface area (Å²) < 4.78 is 5.76. The lowest BCUT2D eigenvalue weighted by Gasteiger charge is -2.31. The Hall–Kier alpha value is -0.610. The van der Waals surface area contributed by atoms with Gasteiger partial charge in [0.15, 0.2) is 0 Å². The van der Waals surface area contributed by atoms with Crippen molar-refractivity contribution in [1.82, 2.24) is 4.90 Å². The highest BCUT2D eigenvalue weighted by atomic mass is 35.5. The van der Waals surface area contributed by atoms with Crippen LogP contribution in [0.1, 0.15) is 31.2 Å². The first-order chi connectivity index (χ1) is 10.3. The lowest BCUT2D eigenvalue weighted by molar-refractivity contribution is 0.00219. The van der Waals surface area contributed by atoms with Crippen molar-refractivity contribution in [3.8, 4) is 0 Å². The third-order valence-corrected chi connectivity index (χ3v) is 4.30. The average Bonchev–Trinajstić information content (AvgIpc) is 2.51. The van der Waals surface area contributed by atoms with Gasteiger partial charge in [-0.2, -0.15) is 0 Å². The molecular formula is C17H26ClNO2. The molecule has 0 bridgehead atoms. The van der Waals surface area contributed by atoms with E-state index in [0.29, 0.717) is 12.7 Å². The lowest BCUT2D eigenvalue weighted by Crippen LogP contribution is -2.37. The molecule has 1 heterocycles. The maximum Gasteiger partial charge on any atom is 0.0599 e. The molecule has 0 radical (unpaired) electrons. The van der Waals surface area contributed by atoms with Gasteiger partial charge in [0.2, 0.25) is 0 Å². The Labute approximate surface area is 132 Å². The topological polar surface area (TPSA) is 32.7 Å². The molecule has 118 valence electrons. The fraction of sp³-hybridized carbons (Fsp3) is 0.647. The molecule has 1 aromatic rings. The Kier molecular flexibility index (Phi) is 7.51. The van der Waals surface area contributed by atoms with E-state index in [2.05, 4.69) is 17.0 Å². The molecule has 1 N–H and O–H groups in total. The summed E-state index contributed by atoms with van der Waals surface area (Å²) in [5.41, 5.74) is 1.36. The number of aliphatic hydroxyl groups excluding tert-OH is 1. The van der Waals surface area contributed by atoms with Crippen LogP contribution in [0, 0.1) is 0 Å². The maximum absolute atomic E-state index is 8.75. The molecule has 3 nitrogen and oxygen atoms in total. The molecule has 21 heavy (non-hydrogen) atoms. The third kappa shape index (κ3) is 6.35. The van der Waals surface area contributed by atoms with Gasteiger partial charge in [0.1, 0.15) is 0 Å². The Morgan fingerprint density at radius 2 is 1.86 bits per heavy atom. The van der Waals surface area contributed by atoms with E-state index < -0.39 is 0 Å². The van der Waals surface area contributed by atoms with Crippen LogP contribution in [0.3, 0.4) is 0 Å². The Bertz CT molecular complexity index is 388. The zero-order valence-corrected chi connectivity index (χ0v) is 13.4. The van der Waals surface area contributed by atoms with Crippen molar-refractivity contribution in [3.05, 3.63) is 34.9 Å². The quantitative estimate of drug-likeness (QED) is 0.749. The zero-order chi connectivity index (χ0) is 14.9. The Morgan fingerprint density at radius 1 is 1.14 bits per heavy atom. The van der Waals surface area contributed by atoms with E-state index in [1.54, 1.807) is 0 Å². The van der Waals surface area contributed by atoms with Crippen molar-refractivity contribution in [2.24, 2.45) is 0 Å². The van der Waals surface area contributed by atoms with Gasteiger partial charge in [-0.15, -0.1) is 0 Å². The minimum atomic E-state index is 0.226. The van der Waals surface area contributed by atoms with Crippen LogP contribution in [0.25, 0.3) is 0 Å². The highest BCUT2D eigenvalue weighted by Crippen LogP contribution is 2.15. The monoisotopic (exact) mass is 311 g/mol. The van der Waals surface area contributed by atoms with E-state index in [1.165, 1.54) is 12.0 Å². The number of piperidine rings is 1. The number of likely N-dealkylation sites (tertiary alicyclic amines) is 1. The summed E-state index contributed by atoms with van der Waals surface area (Å²) in [5, 5.41) is 9.56.